The van der Waals surface area contributed by atoms with Gasteiger partial charge in [-0.05, 0) is 55.2 Å². The predicted octanol–water partition coefficient (Wildman–Crippen LogP) is 4.18. The summed E-state index contributed by atoms with van der Waals surface area (Å²) in [5.74, 6) is -0.214. The minimum Gasteiger partial charge on any atom is -0.386 e. The van der Waals surface area contributed by atoms with E-state index in [-0.39, 0.29) is 18.6 Å². The van der Waals surface area contributed by atoms with E-state index in [0.717, 1.165) is 11.1 Å². The van der Waals surface area contributed by atoms with E-state index in [1.807, 2.05) is 25.1 Å². The maximum atomic E-state index is 11.9. The Bertz CT molecular complexity index is 727. The molecule has 1 N–H and O–H groups in total. The molecular weight excluding hydrogens is 324 g/mol. The number of nitrogens with one attached hydrogen (secondary N) is 1. The van der Waals surface area contributed by atoms with Crippen molar-refractivity contribution in [2.45, 2.75) is 26.8 Å². The van der Waals surface area contributed by atoms with Crippen molar-refractivity contribution >= 4 is 23.7 Å². The van der Waals surface area contributed by atoms with Gasteiger partial charge in [-0.25, -0.2) is 0 Å². The fourth-order valence-corrected chi connectivity index (χ4v) is 2.27. The van der Waals surface area contributed by atoms with Crippen molar-refractivity contribution in [1.29, 1.82) is 0 Å². The third-order valence-electron chi connectivity index (χ3n) is 3.75. The molecule has 0 saturated heterocycles. The molecule has 0 aliphatic carbocycles. The Kier molecular flexibility index (Phi) is 6.38. The lowest BCUT2D eigenvalue weighted by molar-refractivity contribution is -0.126. The molecule has 24 heavy (non-hydrogen) atoms. The van der Waals surface area contributed by atoms with Crippen molar-refractivity contribution in [3.63, 3.8) is 0 Å². The molecule has 126 valence electrons. The number of hydrogen-bond acceptors (Lipinski definition) is 3. The molecular formula is C19H21ClN2O2. The quantitative estimate of drug-likeness (QED) is 0.631. The topological polar surface area (TPSA) is 50.7 Å². The van der Waals surface area contributed by atoms with Gasteiger partial charge in [-0.15, -0.1) is 0 Å². The molecule has 5 heteroatoms. The van der Waals surface area contributed by atoms with Gasteiger partial charge in [-0.2, -0.15) is 0 Å². The Morgan fingerprint density at radius 1 is 1.21 bits per heavy atom. The van der Waals surface area contributed by atoms with Crippen LogP contribution in [0.4, 0.5) is 0 Å². The second-order valence-electron chi connectivity index (χ2n) is 5.69. The van der Waals surface area contributed by atoms with Gasteiger partial charge in [0, 0.05) is 5.02 Å². The lowest BCUT2D eigenvalue weighted by atomic mass is 10.0. The minimum absolute atomic E-state index is 0.0827. The highest BCUT2D eigenvalue weighted by Crippen LogP contribution is 2.16. The summed E-state index contributed by atoms with van der Waals surface area (Å²) in [4.78, 5) is 16.9. The van der Waals surface area contributed by atoms with Crippen LogP contribution in [-0.2, 0) is 9.63 Å². The Labute approximate surface area is 147 Å². The molecule has 0 aliphatic rings. The molecule has 0 saturated carbocycles. The Morgan fingerprint density at radius 2 is 1.92 bits per heavy atom. The Morgan fingerprint density at radius 3 is 2.58 bits per heavy atom. The summed E-state index contributed by atoms with van der Waals surface area (Å²) < 4.78 is 0. The normalized spacial score (nSPS) is 12.2. The minimum atomic E-state index is -0.214. The molecule has 0 fully saturated rings. The SMILES string of the molecule is Cc1ccc(C(C)NC(=O)CO/N=C/c2ccc(Cl)cc2)cc1C. The Hall–Kier alpha value is -2.33. The first-order chi connectivity index (χ1) is 11.5. The highest BCUT2D eigenvalue weighted by molar-refractivity contribution is 6.30. The van der Waals surface area contributed by atoms with Crippen molar-refractivity contribution in [2.75, 3.05) is 6.61 Å². The van der Waals surface area contributed by atoms with Crippen molar-refractivity contribution in [1.82, 2.24) is 5.32 Å². The summed E-state index contributed by atoms with van der Waals surface area (Å²) >= 11 is 5.80. The van der Waals surface area contributed by atoms with E-state index in [0.29, 0.717) is 5.02 Å². The summed E-state index contributed by atoms with van der Waals surface area (Å²) in [6.45, 7) is 5.94. The fraction of sp³-hybridized carbons (Fsp3) is 0.263. The summed E-state index contributed by atoms with van der Waals surface area (Å²) in [6, 6.07) is 13.2. The maximum absolute atomic E-state index is 11.9. The van der Waals surface area contributed by atoms with E-state index < -0.39 is 0 Å². The van der Waals surface area contributed by atoms with E-state index in [1.165, 1.54) is 17.3 Å². The molecule has 2 rings (SSSR count). The second-order valence-corrected chi connectivity index (χ2v) is 6.13. The van der Waals surface area contributed by atoms with Crippen molar-refractivity contribution in [2.24, 2.45) is 5.16 Å². The van der Waals surface area contributed by atoms with Crippen LogP contribution in [0.3, 0.4) is 0 Å². The van der Waals surface area contributed by atoms with E-state index in [1.54, 1.807) is 12.1 Å². The van der Waals surface area contributed by atoms with Gasteiger partial charge in [0.1, 0.15) is 0 Å². The number of halogens is 1. The molecule has 0 spiro atoms. The number of aryl methyl sites for hydroxylation is 2. The van der Waals surface area contributed by atoms with Gasteiger partial charge in [0.2, 0.25) is 0 Å². The number of carbonyl (C=O) groups excluding carboxylic acids is 1. The van der Waals surface area contributed by atoms with Crippen LogP contribution in [0, 0.1) is 13.8 Å². The van der Waals surface area contributed by atoms with E-state index in [4.69, 9.17) is 16.4 Å². The summed E-state index contributed by atoms with van der Waals surface area (Å²) in [5.41, 5.74) is 4.36. The molecule has 0 bridgehead atoms. The number of carbonyl (C=O) groups is 1. The van der Waals surface area contributed by atoms with Gasteiger partial charge in [-0.3, -0.25) is 4.79 Å². The molecule has 2 aromatic rings. The van der Waals surface area contributed by atoms with Crippen LogP contribution in [0.15, 0.2) is 47.6 Å². The van der Waals surface area contributed by atoms with Crippen molar-refractivity contribution < 1.29 is 9.63 Å². The van der Waals surface area contributed by atoms with Crippen LogP contribution in [0.5, 0.6) is 0 Å². The van der Waals surface area contributed by atoms with Gasteiger partial charge in [0.15, 0.2) is 6.61 Å². The smallest absolute Gasteiger partial charge is 0.261 e. The molecule has 0 aromatic heterocycles. The number of benzene rings is 2. The van der Waals surface area contributed by atoms with Crippen LogP contribution >= 0.6 is 11.6 Å². The molecule has 0 radical (unpaired) electrons. The van der Waals surface area contributed by atoms with Crippen LogP contribution in [0.25, 0.3) is 0 Å². The maximum Gasteiger partial charge on any atom is 0.261 e. The van der Waals surface area contributed by atoms with E-state index >= 15 is 0 Å². The summed E-state index contributed by atoms with van der Waals surface area (Å²) in [7, 11) is 0. The molecule has 4 nitrogen and oxygen atoms in total. The molecule has 2 aromatic carbocycles. The van der Waals surface area contributed by atoms with E-state index in [9.17, 15) is 4.79 Å². The first kappa shape index (κ1) is 18.0. The first-order valence-electron chi connectivity index (χ1n) is 7.73. The number of rotatable bonds is 6. The van der Waals surface area contributed by atoms with Gasteiger partial charge >= 0.3 is 0 Å². The fourth-order valence-electron chi connectivity index (χ4n) is 2.14. The monoisotopic (exact) mass is 344 g/mol. The second kappa shape index (κ2) is 8.50. The molecule has 1 amide bonds. The van der Waals surface area contributed by atoms with Crippen molar-refractivity contribution in [3.8, 4) is 0 Å². The zero-order valence-corrected chi connectivity index (χ0v) is 14.8. The molecule has 0 aliphatic heterocycles. The summed E-state index contributed by atoms with van der Waals surface area (Å²) in [6.07, 6.45) is 1.54. The Balaban J connectivity index is 1.80. The molecule has 0 heterocycles. The number of amides is 1. The van der Waals surface area contributed by atoms with Gasteiger partial charge in [0.25, 0.3) is 5.91 Å². The van der Waals surface area contributed by atoms with Gasteiger partial charge in [-0.1, -0.05) is 47.1 Å². The first-order valence-corrected chi connectivity index (χ1v) is 8.11. The summed E-state index contributed by atoms with van der Waals surface area (Å²) in [5, 5.41) is 7.34. The standard InChI is InChI=1S/C19H21ClN2O2/c1-13-4-7-17(10-14(13)2)15(3)22-19(23)12-24-21-11-16-5-8-18(20)9-6-16/h4-11,15H,12H2,1-3H3,(H,22,23)/b21-11+. The lowest BCUT2D eigenvalue weighted by Crippen LogP contribution is -2.29. The van der Waals surface area contributed by atoms with Gasteiger partial charge in [0.05, 0.1) is 12.3 Å². The lowest BCUT2D eigenvalue weighted by Gasteiger charge is -2.15. The number of nitrogens with zero attached hydrogens (tertiary/aromatic N) is 1. The third kappa shape index (κ3) is 5.39. The highest BCUT2D eigenvalue weighted by Gasteiger charge is 2.10. The van der Waals surface area contributed by atoms with E-state index in [2.05, 4.69) is 36.5 Å². The molecule has 1 unspecified atom stereocenters. The van der Waals surface area contributed by atoms with Crippen LogP contribution in [0.2, 0.25) is 5.02 Å². The zero-order chi connectivity index (χ0) is 17.5. The van der Waals surface area contributed by atoms with Gasteiger partial charge < -0.3 is 10.2 Å². The number of oxime groups is 1. The van der Waals surface area contributed by atoms with Crippen LogP contribution in [-0.4, -0.2) is 18.7 Å². The van der Waals surface area contributed by atoms with Crippen molar-refractivity contribution in [3.05, 3.63) is 69.7 Å². The third-order valence-corrected chi connectivity index (χ3v) is 4.00. The highest BCUT2D eigenvalue weighted by atomic mass is 35.5. The van der Waals surface area contributed by atoms with Crippen LogP contribution in [0.1, 0.15) is 35.2 Å². The number of hydrogen-bond donors (Lipinski definition) is 1. The zero-order valence-electron chi connectivity index (χ0n) is 14.0. The largest absolute Gasteiger partial charge is 0.386 e. The van der Waals surface area contributed by atoms with Crippen LogP contribution < -0.4 is 5.32 Å². The molecule has 1 atom stereocenters. The average Bonchev–Trinajstić information content (AvgIpc) is 2.55. The average molecular weight is 345 g/mol. The predicted molar refractivity (Wildman–Crippen MR) is 97.5 cm³/mol.